The van der Waals surface area contributed by atoms with Crippen LogP contribution in [0.15, 0.2) is 42.4 Å². The number of Topliss-reactive ketones (excluding diaryl/α,β-unsaturated/α-hetero) is 1. The number of para-hydroxylation sites is 1. The van der Waals surface area contributed by atoms with Crippen molar-refractivity contribution < 1.29 is 9.53 Å². The Morgan fingerprint density at radius 3 is 3.09 bits per heavy atom. The maximum atomic E-state index is 12.6. The summed E-state index contributed by atoms with van der Waals surface area (Å²) in [6.07, 6.45) is 4.93. The number of hydrogen-bond acceptors (Lipinski definition) is 5. The van der Waals surface area contributed by atoms with Crippen LogP contribution in [0, 0.1) is 5.92 Å². The van der Waals surface area contributed by atoms with Crippen LogP contribution in [0.5, 0.6) is 5.75 Å². The molecule has 112 valence electrons. The average Bonchev–Trinajstić information content (AvgIpc) is 3.01. The predicted octanol–water partition coefficient (Wildman–Crippen LogP) is 2.16. The Bertz CT molecular complexity index is 765. The number of fused-ring (bicyclic) bond motifs is 2. The highest BCUT2D eigenvalue weighted by Crippen LogP contribution is 2.43. The molecule has 6 heteroatoms. The van der Waals surface area contributed by atoms with Crippen molar-refractivity contribution in [2.45, 2.75) is 18.9 Å². The number of carbonyl (C=O) groups is 1. The topological polar surface area (TPSA) is 69.0 Å². The molecule has 0 fully saturated rings. The summed E-state index contributed by atoms with van der Waals surface area (Å²) >= 11 is 0. The minimum Gasteiger partial charge on any atom is -0.496 e. The highest BCUT2D eigenvalue weighted by atomic mass is 16.5. The fourth-order valence-electron chi connectivity index (χ4n) is 3.34. The first kappa shape index (κ1) is 13.1. The fraction of sp³-hybridized carbons (Fsp3) is 0.312. The second-order valence-corrected chi connectivity index (χ2v) is 5.48. The maximum absolute atomic E-state index is 12.6. The van der Waals surface area contributed by atoms with Crippen LogP contribution in [0.2, 0.25) is 0 Å². The molecule has 0 bridgehead atoms. The SMILES string of the molecule is COc1ccccc1C1C2C(=O)CCC=C2Nc2ncnn21. The molecular weight excluding hydrogens is 280 g/mol. The van der Waals surface area contributed by atoms with Crippen LogP contribution in [-0.2, 0) is 4.79 Å². The summed E-state index contributed by atoms with van der Waals surface area (Å²) in [6, 6.07) is 7.54. The van der Waals surface area contributed by atoms with Crippen LogP contribution < -0.4 is 10.1 Å². The summed E-state index contributed by atoms with van der Waals surface area (Å²) in [5.41, 5.74) is 1.87. The second kappa shape index (κ2) is 4.98. The number of hydrogen-bond donors (Lipinski definition) is 1. The van der Waals surface area contributed by atoms with Crippen molar-refractivity contribution in [2.24, 2.45) is 5.92 Å². The van der Waals surface area contributed by atoms with E-state index in [0.29, 0.717) is 12.4 Å². The third-order valence-electron chi connectivity index (χ3n) is 4.30. The summed E-state index contributed by atoms with van der Waals surface area (Å²) in [7, 11) is 1.64. The van der Waals surface area contributed by atoms with Gasteiger partial charge in [-0.2, -0.15) is 10.1 Å². The molecule has 1 aromatic heterocycles. The molecule has 1 aliphatic carbocycles. The van der Waals surface area contributed by atoms with Crippen molar-refractivity contribution in [3.63, 3.8) is 0 Å². The fourth-order valence-corrected chi connectivity index (χ4v) is 3.34. The van der Waals surface area contributed by atoms with Gasteiger partial charge in [0.2, 0.25) is 5.95 Å². The van der Waals surface area contributed by atoms with Crippen molar-refractivity contribution >= 4 is 11.7 Å². The third-order valence-corrected chi connectivity index (χ3v) is 4.30. The van der Waals surface area contributed by atoms with Gasteiger partial charge in [-0.3, -0.25) is 4.79 Å². The first-order chi connectivity index (χ1) is 10.8. The van der Waals surface area contributed by atoms with Gasteiger partial charge in [0.1, 0.15) is 17.9 Å². The lowest BCUT2D eigenvalue weighted by Gasteiger charge is -2.36. The quantitative estimate of drug-likeness (QED) is 0.919. The van der Waals surface area contributed by atoms with E-state index in [2.05, 4.69) is 21.5 Å². The molecule has 2 atom stereocenters. The van der Waals surface area contributed by atoms with Gasteiger partial charge < -0.3 is 10.1 Å². The minimum absolute atomic E-state index is 0.224. The van der Waals surface area contributed by atoms with E-state index < -0.39 is 0 Å². The number of ether oxygens (including phenoxy) is 1. The van der Waals surface area contributed by atoms with E-state index in [1.165, 1.54) is 6.33 Å². The molecule has 2 aliphatic rings. The lowest BCUT2D eigenvalue weighted by molar-refractivity contribution is -0.123. The molecule has 0 radical (unpaired) electrons. The summed E-state index contributed by atoms with van der Waals surface area (Å²) in [6.45, 7) is 0. The Hall–Kier alpha value is -2.63. The number of rotatable bonds is 2. The molecule has 6 nitrogen and oxygen atoms in total. The van der Waals surface area contributed by atoms with Gasteiger partial charge in [0, 0.05) is 17.7 Å². The van der Waals surface area contributed by atoms with E-state index in [1.807, 2.05) is 24.3 Å². The normalized spacial score (nSPS) is 23.1. The molecule has 0 saturated heterocycles. The van der Waals surface area contributed by atoms with E-state index >= 15 is 0 Å². The van der Waals surface area contributed by atoms with Gasteiger partial charge >= 0.3 is 0 Å². The zero-order valence-corrected chi connectivity index (χ0v) is 12.2. The largest absolute Gasteiger partial charge is 0.496 e. The van der Waals surface area contributed by atoms with Crippen molar-refractivity contribution in [1.29, 1.82) is 0 Å². The van der Waals surface area contributed by atoms with Crippen molar-refractivity contribution in [1.82, 2.24) is 14.8 Å². The summed E-state index contributed by atoms with van der Waals surface area (Å²) in [5.74, 6) is 1.38. The van der Waals surface area contributed by atoms with Gasteiger partial charge in [-0.05, 0) is 12.5 Å². The van der Waals surface area contributed by atoms with Crippen LogP contribution in [0.3, 0.4) is 0 Å². The standard InChI is InChI=1S/C16H16N4O2/c1-22-13-8-3-2-5-10(13)15-14-11(6-4-7-12(14)21)19-16-17-9-18-20(15)16/h2-3,5-6,8-9,14-15H,4,7H2,1H3,(H,17,18,19). The van der Waals surface area contributed by atoms with Crippen LogP contribution in [0.25, 0.3) is 0 Å². The molecule has 2 heterocycles. The number of carbonyl (C=O) groups excluding carboxylic acids is 1. The van der Waals surface area contributed by atoms with E-state index in [4.69, 9.17) is 4.74 Å². The molecule has 4 rings (SSSR count). The molecule has 0 spiro atoms. The Morgan fingerprint density at radius 1 is 1.36 bits per heavy atom. The summed E-state index contributed by atoms with van der Waals surface area (Å²) < 4.78 is 7.27. The molecule has 0 saturated carbocycles. The van der Waals surface area contributed by atoms with Gasteiger partial charge in [-0.15, -0.1) is 0 Å². The van der Waals surface area contributed by atoms with Gasteiger partial charge in [0.25, 0.3) is 0 Å². The first-order valence-electron chi connectivity index (χ1n) is 7.32. The maximum Gasteiger partial charge on any atom is 0.226 e. The van der Waals surface area contributed by atoms with E-state index in [1.54, 1.807) is 11.8 Å². The summed E-state index contributed by atoms with van der Waals surface area (Å²) in [5, 5.41) is 7.56. The zero-order valence-electron chi connectivity index (χ0n) is 12.2. The molecule has 22 heavy (non-hydrogen) atoms. The number of ketones is 1. The van der Waals surface area contributed by atoms with Crippen LogP contribution >= 0.6 is 0 Å². The Kier molecular flexibility index (Phi) is 2.96. The predicted molar refractivity (Wildman–Crippen MR) is 80.6 cm³/mol. The lowest BCUT2D eigenvalue weighted by Crippen LogP contribution is -2.38. The van der Waals surface area contributed by atoms with Crippen molar-refractivity contribution in [3.05, 3.63) is 47.9 Å². The number of allylic oxidation sites excluding steroid dienone is 2. The minimum atomic E-state index is -0.265. The number of methoxy groups -OCH3 is 1. The number of nitrogens with zero attached hydrogens (tertiary/aromatic N) is 3. The second-order valence-electron chi connectivity index (χ2n) is 5.48. The van der Waals surface area contributed by atoms with Gasteiger partial charge in [-0.25, -0.2) is 4.68 Å². The van der Waals surface area contributed by atoms with Crippen LogP contribution in [0.4, 0.5) is 5.95 Å². The highest BCUT2D eigenvalue weighted by Gasteiger charge is 2.42. The molecule has 1 N–H and O–H groups in total. The van der Waals surface area contributed by atoms with E-state index in [-0.39, 0.29) is 17.7 Å². The van der Waals surface area contributed by atoms with Crippen LogP contribution in [0.1, 0.15) is 24.4 Å². The Morgan fingerprint density at radius 2 is 2.23 bits per heavy atom. The average molecular weight is 296 g/mol. The smallest absolute Gasteiger partial charge is 0.226 e. The number of benzene rings is 1. The van der Waals surface area contributed by atoms with Gasteiger partial charge in [-0.1, -0.05) is 24.3 Å². The third kappa shape index (κ3) is 1.83. The molecule has 2 aromatic rings. The van der Waals surface area contributed by atoms with Crippen molar-refractivity contribution in [3.8, 4) is 5.75 Å². The van der Waals surface area contributed by atoms with Gasteiger partial charge in [0.05, 0.1) is 19.1 Å². The summed E-state index contributed by atoms with van der Waals surface area (Å²) in [4.78, 5) is 16.8. The molecular formula is C16H16N4O2. The number of nitrogens with one attached hydrogen (secondary N) is 1. The van der Waals surface area contributed by atoms with Crippen LogP contribution in [-0.4, -0.2) is 27.7 Å². The molecule has 1 aliphatic heterocycles. The molecule has 0 amide bonds. The zero-order chi connectivity index (χ0) is 15.1. The number of anilines is 1. The van der Waals surface area contributed by atoms with E-state index in [0.717, 1.165) is 23.4 Å². The van der Waals surface area contributed by atoms with Gasteiger partial charge in [0.15, 0.2) is 0 Å². The number of aromatic nitrogens is 3. The Balaban J connectivity index is 1.93. The Labute approximate surface area is 127 Å². The monoisotopic (exact) mass is 296 g/mol. The first-order valence-corrected chi connectivity index (χ1v) is 7.32. The molecule has 2 unspecified atom stereocenters. The van der Waals surface area contributed by atoms with Crippen molar-refractivity contribution in [2.75, 3.05) is 12.4 Å². The lowest BCUT2D eigenvalue weighted by atomic mass is 9.80. The van der Waals surface area contributed by atoms with E-state index in [9.17, 15) is 4.79 Å². The highest BCUT2D eigenvalue weighted by molar-refractivity contribution is 5.87. The molecule has 1 aromatic carbocycles.